The Kier molecular flexibility index (Phi) is 17.0. The minimum absolute atomic E-state index is 0.0725. The molecule has 0 aliphatic carbocycles. The molecule has 0 saturated carbocycles. The smallest absolute Gasteiger partial charge is 0.162 e. The molecule has 3 N–H and O–H groups in total. The average molecular weight is 501 g/mol. The van der Waals surface area contributed by atoms with Crippen LogP contribution < -0.4 is 0 Å². The second-order valence-electron chi connectivity index (χ2n) is 10.2. The molecule has 1 heterocycles. The van der Waals surface area contributed by atoms with Gasteiger partial charge in [0.25, 0.3) is 0 Å². The molecule has 6 heteroatoms. The second kappa shape index (κ2) is 18.4. The summed E-state index contributed by atoms with van der Waals surface area (Å²) in [5.74, 6) is 0.163. The highest BCUT2D eigenvalue weighted by molar-refractivity contribution is 5.12. The fraction of sp³-hybridized carbons (Fsp3) is 0.931. The molecular formula is C29H56O6. The molecule has 1 fully saturated rings. The van der Waals surface area contributed by atoms with Crippen LogP contribution in [0.1, 0.15) is 131 Å². The van der Waals surface area contributed by atoms with E-state index in [0.29, 0.717) is 19.4 Å². The van der Waals surface area contributed by atoms with Crippen LogP contribution in [0, 0.1) is 0 Å². The van der Waals surface area contributed by atoms with Crippen molar-refractivity contribution in [1.82, 2.24) is 0 Å². The van der Waals surface area contributed by atoms with Gasteiger partial charge in [0.1, 0.15) is 30.2 Å². The van der Waals surface area contributed by atoms with E-state index >= 15 is 0 Å². The maximum absolute atomic E-state index is 11.1. The number of aliphatic hydroxyl groups excluding tert-OH is 3. The first-order valence-electron chi connectivity index (χ1n) is 14.6. The lowest BCUT2D eigenvalue weighted by Gasteiger charge is -2.48. The van der Waals surface area contributed by atoms with Crippen LogP contribution >= 0.6 is 0 Å². The number of hydrogen-bond acceptors (Lipinski definition) is 6. The summed E-state index contributed by atoms with van der Waals surface area (Å²) in [6, 6.07) is 0. The molecule has 0 spiro atoms. The van der Waals surface area contributed by atoms with Crippen molar-refractivity contribution in [3.63, 3.8) is 0 Å². The molecule has 0 aromatic heterocycles. The Morgan fingerprint density at radius 1 is 0.829 bits per heavy atom. The average Bonchev–Trinajstić information content (AvgIpc) is 2.88. The molecule has 0 amide bonds. The van der Waals surface area contributed by atoms with E-state index in [2.05, 4.69) is 13.8 Å². The van der Waals surface area contributed by atoms with Gasteiger partial charge in [-0.05, 0) is 32.1 Å². The maximum Gasteiger partial charge on any atom is 0.162 e. The van der Waals surface area contributed by atoms with Gasteiger partial charge in [-0.25, -0.2) is 0 Å². The monoisotopic (exact) mass is 500 g/mol. The molecular weight excluding hydrogens is 444 g/mol. The third-order valence-electron chi connectivity index (χ3n) is 7.65. The Morgan fingerprint density at radius 3 is 1.89 bits per heavy atom. The lowest BCUT2D eigenvalue weighted by molar-refractivity contribution is -0.240. The fourth-order valence-corrected chi connectivity index (χ4v) is 5.18. The zero-order chi connectivity index (χ0) is 26.1. The highest BCUT2D eigenvalue weighted by Crippen LogP contribution is 2.38. The zero-order valence-corrected chi connectivity index (χ0v) is 23.3. The Bertz CT molecular complexity index is 547. The van der Waals surface area contributed by atoms with Gasteiger partial charge in [0.15, 0.2) is 11.9 Å². The molecule has 0 aromatic carbocycles. The van der Waals surface area contributed by atoms with Crippen molar-refractivity contribution in [2.75, 3.05) is 6.61 Å². The molecule has 0 aromatic rings. The van der Waals surface area contributed by atoms with E-state index in [1.165, 1.54) is 51.4 Å². The van der Waals surface area contributed by atoms with Crippen LogP contribution in [0.25, 0.3) is 0 Å². The molecule has 1 rings (SSSR count). The number of unbranched alkanes of at least 4 members (excludes halogenated alkanes) is 9. The molecule has 5 atom stereocenters. The summed E-state index contributed by atoms with van der Waals surface area (Å²) in [6.07, 6.45) is 13.2. The molecule has 2 unspecified atom stereocenters. The van der Waals surface area contributed by atoms with E-state index in [1.807, 2.05) is 20.8 Å². The topological polar surface area (TPSA) is 88.4 Å². The van der Waals surface area contributed by atoms with Crippen molar-refractivity contribution in [3.05, 3.63) is 12.0 Å². The lowest BCUT2D eigenvalue weighted by Crippen LogP contribution is -2.62. The van der Waals surface area contributed by atoms with E-state index in [0.717, 1.165) is 38.4 Å². The first kappa shape index (κ1) is 32.2. The van der Waals surface area contributed by atoms with Gasteiger partial charge < -0.3 is 29.5 Å². The fourth-order valence-electron chi connectivity index (χ4n) is 5.18. The highest BCUT2D eigenvalue weighted by Gasteiger charge is 2.52. The van der Waals surface area contributed by atoms with E-state index in [4.69, 9.17) is 14.2 Å². The minimum Gasteiger partial charge on any atom is -0.512 e. The van der Waals surface area contributed by atoms with Crippen molar-refractivity contribution < 1.29 is 29.5 Å². The second-order valence-corrected chi connectivity index (χ2v) is 10.2. The third-order valence-corrected chi connectivity index (χ3v) is 7.65. The predicted octanol–water partition coefficient (Wildman–Crippen LogP) is 6.97. The Labute approximate surface area is 215 Å². The normalized spacial score (nSPS) is 25.1. The quantitative estimate of drug-likeness (QED) is 0.124. The maximum atomic E-state index is 11.1. The Balaban J connectivity index is 2.62. The standard InChI is InChI=1S/C29H56O6/c1-6-11-12-13-14-15-16-17-18-19-21-33-29(9-4,10-5)28-26(32)25(31)27(24(22-30)35-28)34-23(8-3)20-7-2/h22-23,25-28,30-32H,6-21H2,1-5H3/b24-22-/t23?,25-,26-,27-,28?/m1/s1. The van der Waals surface area contributed by atoms with Gasteiger partial charge in [-0.15, -0.1) is 0 Å². The lowest BCUT2D eigenvalue weighted by atomic mass is 9.82. The van der Waals surface area contributed by atoms with E-state index in [1.54, 1.807) is 0 Å². The summed E-state index contributed by atoms with van der Waals surface area (Å²) in [6.45, 7) is 11.0. The third kappa shape index (κ3) is 10.2. The summed E-state index contributed by atoms with van der Waals surface area (Å²) >= 11 is 0. The summed E-state index contributed by atoms with van der Waals surface area (Å²) in [5.41, 5.74) is -0.744. The minimum atomic E-state index is -1.20. The first-order valence-corrected chi connectivity index (χ1v) is 14.6. The molecule has 35 heavy (non-hydrogen) atoms. The molecule has 1 aliphatic rings. The zero-order valence-electron chi connectivity index (χ0n) is 23.3. The van der Waals surface area contributed by atoms with Gasteiger partial charge in [-0.1, -0.05) is 98.8 Å². The van der Waals surface area contributed by atoms with Crippen molar-refractivity contribution in [3.8, 4) is 0 Å². The van der Waals surface area contributed by atoms with Crippen LogP contribution in [0.15, 0.2) is 12.0 Å². The van der Waals surface area contributed by atoms with Crippen LogP contribution in [-0.4, -0.2) is 58.0 Å². The van der Waals surface area contributed by atoms with Crippen molar-refractivity contribution in [2.45, 2.75) is 167 Å². The van der Waals surface area contributed by atoms with Gasteiger partial charge >= 0.3 is 0 Å². The van der Waals surface area contributed by atoms with Crippen LogP contribution in [0.5, 0.6) is 0 Å². The molecule has 208 valence electrons. The predicted molar refractivity (Wildman–Crippen MR) is 143 cm³/mol. The summed E-state index contributed by atoms with van der Waals surface area (Å²) < 4.78 is 18.5. The number of rotatable bonds is 20. The van der Waals surface area contributed by atoms with Crippen LogP contribution in [-0.2, 0) is 14.2 Å². The van der Waals surface area contributed by atoms with Gasteiger partial charge in [0.2, 0.25) is 0 Å². The molecule has 0 bridgehead atoms. The largest absolute Gasteiger partial charge is 0.512 e. The number of hydrogen-bond donors (Lipinski definition) is 3. The Hall–Kier alpha value is -0.820. The van der Waals surface area contributed by atoms with Gasteiger partial charge in [-0.3, -0.25) is 0 Å². The van der Waals surface area contributed by atoms with Crippen molar-refractivity contribution in [2.24, 2.45) is 0 Å². The summed E-state index contributed by atoms with van der Waals surface area (Å²) in [4.78, 5) is 0. The van der Waals surface area contributed by atoms with Crippen molar-refractivity contribution in [1.29, 1.82) is 0 Å². The van der Waals surface area contributed by atoms with Crippen LogP contribution in [0.4, 0.5) is 0 Å². The Morgan fingerprint density at radius 2 is 1.40 bits per heavy atom. The van der Waals surface area contributed by atoms with Gasteiger partial charge in [0.05, 0.1) is 6.10 Å². The van der Waals surface area contributed by atoms with Crippen LogP contribution in [0.2, 0.25) is 0 Å². The SMILES string of the molecule is CCCCCCCCCCCCOC(CC)(CC)C1O/C(=C\O)[C@@H](OC(CC)CCC)[C@H](O)[C@H]1O. The molecule has 6 nitrogen and oxygen atoms in total. The molecule has 1 saturated heterocycles. The summed E-state index contributed by atoms with van der Waals surface area (Å²) in [7, 11) is 0. The number of ether oxygens (including phenoxy) is 3. The first-order chi connectivity index (χ1) is 16.9. The van der Waals surface area contributed by atoms with Gasteiger partial charge in [0, 0.05) is 6.61 Å². The van der Waals surface area contributed by atoms with E-state index < -0.39 is 30.0 Å². The molecule has 0 radical (unpaired) electrons. The van der Waals surface area contributed by atoms with Crippen molar-refractivity contribution >= 4 is 0 Å². The van der Waals surface area contributed by atoms with E-state index in [-0.39, 0.29) is 11.9 Å². The van der Waals surface area contributed by atoms with E-state index in [9.17, 15) is 15.3 Å². The van der Waals surface area contributed by atoms with Gasteiger partial charge in [-0.2, -0.15) is 0 Å². The summed E-state index contributed by atoms with van der Waals surface area (Å²) in [5, 5.41) is 31.9. The number of aliphatic hydroxyl groups is 3. The molecule has 1 aliphatic heterocycles. The highest BCUT2D eigenvalue weighted by atomic mass is 16.6. The van der Waals surface area contributed by atoms with Crippen LogP contribution in [0.3, 0.4) is 0 Å².